The average molecular weight is 631 g/mol. The lowest BCUT2D eigenvalue weighted by molar-refractivity contribution is -0.138. The van der Waals surface area contributed by atoms with Crippen molar-refractivity contribution in [3.63, 3.8) is 0 Å². The molecule has 0 spiro atoms. The van der Waals surface area contributed by atoms with E-state index in [1.54, 1.807) is 12.1 Å². The second kappa shape index (κ2) is 14.4. The lowest BCUT2D eigenvalue weighted by Crippen LogP contribution is -2.48. The fourth-order valence-corrected chi connectivity index (χ4v) is 6.18. The zero-order chi connectivity index (χ0) is 31.8. The van der Waals surface area contributed by atoms with Gasteiger partial charge in [-0.25, -0.2) is 8.42 Å². The number of nitrogens with zero attached hydrogens (tertiary/aromatic N) is 2. The van der Waals surface area contributed by atoms with E-state index in [0.29, 0.717) is 30.4 Å². The van der Waals surface area contributed by atoms with Crippen LogP contribution in [0.3, 0.4) is 0 Å². The van der Waals surface area contributed by atoms with Crippen molar-refractivity contribution >= 4 is 39.0 Å². The molecule has 0 bridgehead atoms. The third-order valence-electron chi connectivity index (χ3n) is 7.36. The van der Waals surface area contributed by atoms with Crippen LogP contribution >= 0.6 is 0 Å². The van der Waals surface area contributed by atoms with Crippen molar-refractivity contribution in [1.82, 2.24) is 25.2 Å². The Morgan fingerprint density at radius 3 is 2.44 bits per heavy atom. The van der Waals surface area contributed by atoms with Crippen molar-refractivity contribution in [3.05, 3.63) is 112 Å². The Kier molecular flexibility index (Phi) is 10.1. The molecule has 1 amide bonds. The number of rotatable bonds is 13. The molecule has 2 unspecified atom stereocenters. The SMILES string of the molecule is O=C(NCC(NS(=O)(=O)c1ccccc1)C(=O)O)c1cn(CCc2ccccc2)c2cc(CNC3N=CCCN3)ccc2c1=O. The van der Waals surface area contributed by atoms with Gasteiger partial charge in [-0.3, -0.25) is 30.0 Å². The Morgan fingerprint density at radius 2 is 1.76 bits per heavy atom. The number of fused-ring (bicyclic) bond motifs is 1. The van der Waals surface area contributed by atoms with Gasteiger partial charge in [0.25, 0.3) is 5.91 Å². The number of sulfonamides is 1. The number of carbonyl (C=O) groups is 2. The number of aliphatic carboxylic acids is 1. The summed E-state index contributed by atoms with van der Waals surface area (Å²) in [4.78, 5) is 43.0. The number of carboxylic acids is 1. The van der Waals surface area contributed by atoms with Crippen molar-refractivity contribution in [1.29, 1.82) is 0 Å². The van der Waals surface area contributed by atoms with Gasteiger partial charge in [-0.1, -0.05) is 54.6 Å². The smallest absolute Gasteiger partial charge is 0.323 e. The van der Waals surface area contributed by atoms with Gasteiger partial charge < -0.3 is 15.0 Å². The summed E-state index contributed by atoms with van der Waals surface area (Å²) in [6, 6.07) is 20.8. The summed E-state index contributed by atoms with van der Waals surface area (Å²) in [5.74, 6) is -2.30. The van der Waals surface area contributed by atoms with Gasteiger partial charge in [0.2, 0.25) is 15.5 Å². The van der Waals surface area contributed by atoms with E-state index < -0.39 is 39.9 Å². The average Bonchev–Trinajstić information content (AvgIpc) is 3.06. The van der Waals surface area contributed by atoms with Gasteiger partial charge in [0.05, 0.1) is 10.4 Å². The zero-order valence-electron chi connectivity index (χ0n) is 24.3. The molecule has 0 radical (unpaired) electrons. The molecule has 5 N–H and O–H groups in total. The molecule has 2 atom stereocenters. The van der Waals surface area contributed by atoms with Gasteiger partial charge in [0.15, 0.2) is 6.29 Å². The highest BCUT2D eigenvalue weighted by molar-refractivity contribution is 7.89. The minimum atomic E-state index is -4.18. The van der Waals surface area contributed by atoms with Gasteiger partial charge in [-0.15, -0.1) is 0 Å². The fraction of sp³-hybridized carbons (Fsp3) is 0.250. The van der Waals surface area contributed by atoms with Crippen LogP contribution in [0.1, 0.15) is 27.9 Å². The molecule has 1 aliphatic rings. The topological polar surface area (TPSA) is 171 Å². The molecular weight excluding hydrogens is 596 g/mol. The molecule has 0 aliphatic carbocycles. The molecule has 3 aromatic carbocycles. The number of hydrogen-bond donors (Lipinski definition) is 5. The largest absolute Gasteiger partial charge is 0.480 e. The highest BCUT2D eigenvalue weighted by atomic mass is 32.2. The van der Waals surface area contributed by atoms with Gasteiger partial charge in [0.1, 0.15) is 11.6 Å². The van der Waals surface area contributed by atoms with E-state index in [-0.39, 0.29) is 16.7 Å². The maximum Gasteiger partial charge on any atom is 0.323 e. The number of amides is 1. The first kappa shape index (κ1) is 31.7. The minimum Gasteiger partial charge on any atom is -0.480 e. The van der Waals surface area contributed by atoms with Crippen LogP contribution in [0, 0.1) is 0 Å². The Labute approximate surface area is 260 Å². The number of hydrogen-bond acceptors (Lipinski definition) is 8. The Bertz CT molecular complexity index is 1860. The van der Waals surface area contributed by atoms with Gasteiger partial charge in [-0.05, 0) is 48.2 Å². The third kappa shape index (κ3) is 8.08. The van der Waals surface area contributed by atoms with Gasteiger partial charge in [0, 0.05) is 44.0 Å². The highest BCUT2D eigenvalue weighted by Gasteiger charge is 2.27. The minimum absolute atomic E-state index is 0.115. The normalized spacial score (nSPS) is 15.5. The van der Waals surface area contributed by atoms with Crippen LogP contribution in [-0.2, 0) is 34.3 Å². The summed E-state index contributed by atoms with van der Waals surface area (Å²) in [7, 11) is -4.18. The van der Waals surface area contributed by atoms with E-state index in [2.05, 4.69) is 25.7 Å². The predicted octanol–water partition coefficient (Wildman–Crippen LogP) is 1.84. The molecule has 1 aromatic heterocycles. The van der Waals surface area contributed by atoms with E-state index in [1.165, 1.54) is 30.5 Å². The van der Waals surface area contributed by atoms with E-state index in [4.69, 9.17) is 0 Å². The van der Waals surface area contributed by atoms with Crippen molar-refractivity contribution in [2.24, 2.45) is 4.99 Å². The fourth-order valence-electron chi connectivity index (χ4n) is 4.97. The van der Waals surface area contributed by atoms with Crippen molar-refractivity contribution in [3.8, 4) is 0 Å². The van der Waals surface area contributed by atoms with Gasteiger partial charge >= 0.3 is 5.97 Å². The van der Waals surface area contributed by atoms with Crippen LogP contribution in [0.2, 0.25) is 0 Å². The van der Waals surface area contributed by atoms with Crippen molar-refractivity contribution < 1.29 is 23.1 Å². The van der Waals surface area contributed by atoms with E-state index in [0.717, 1.165) is 24.1 Å². The summed E-state index contributed by atoms with van der Waals surface area (Å²) in [5.41, 5.74) is 1.94. The second-order valence-electron chi connectivity index (χ2n) is 10.5. The molecule has 5 rings (SSSR count). The lowest BCUT2D eigenvalue weighted by Gasteiger charge is -2.20. The van der Waals surface area contributed by atoms with Crippen LogP contribution in [0.15, 0.2) is 99.7 Å². The summed E-state index contributed by atoms with van der Waals surface area (Å²) in [6.07, 6.45) is 4.65. The third-order valence-corrected chi connectivity index (χ3v) is 8.84. The van der Waals surface area contributed by atoms with Gasteiger partial charge in [-0.2, -0.15) is 4.72 Å². The van der Waals surface area contributed by atoms with Crippen molar-refractivity contribution in [2.45, 2.75) is 43.2 Å². The molecule has 4 aromatic rings. The van der Waals surface area contributed by atoms with Crippen LogP contribution in [0.25, 0.3) is 10.9 Å². The number of aryl methyl sites for hydroxylation is 2. The summed E-state index contributed by atoms with van der Waals surface area (Å²) < 4.78 is 29.4. The molecule has 0 fully saturated rings. The Balaban J connectivity index is 1.39. The summed E-state index contributed by atoms with van der Waals surface area (Å²) in [5, 5.41) is 19.0. The van der Waals surface area contributed by atoms with E-state index in [1.807, 2.05) is 53.2 Å². The van der Waals surface area contributed by atoms with Crippen LogP contribution < -0.4 is 26.1 Å². The molecule has 0 saturated carbocycles. The molecule has 45 heavy (non-hydrogen) atoms. The number of aromatic nitrogens is 1. The van der Waals surface area contributed by atoms with Crippen molar-refractivity contribution in [2.75, 3.05) is 13.1 Å². The van der Waals surface area contributed by atoms with Crippen LogP contribution in [0.4, 0.5) is 0 Å². The Morgan fingerprint density at radius 1 is 1.02 bits per heavy atom. The zero-order valence-corrected chi connectivity index (χ0v) is 25.2. The molecule has 2 heterocycles. The number of benzene rings is 3. The quantitative estimate of drug-likeness (QED) is 0.149. The maximum absolute atomic E-state index is 13.6. The maximum atomic E-state index is 13.6. The standard InChI is InChI=1S/C32H34N6O6S/c39-29-25-13-12-23(19-36-32-33-15-7-16-34-32)18-28(25)38(17-14-22-8-3-1-4-9-22)21-26(29)30(40)35-20-27(31(41)42)37-45(43,44)24-10-5-2-6-11-24/h1-6,8-13,15,18,21,27,32,34,36-37H,7,14,16-17,19-20H2,(H,35,40)(H,41,42). The first-order valence-electron chi connectivity index (χ1n) is 14.5. The number of carbonyl (C=O) groups excluding carboxylic acids is 1. The van der Waals surface area contributed by atoms with E-state index in [9.17, 15) is 27.9 Å². The number of pyridine rings is 1. The Hall–Kier alpha value is -4.69. The molecule has 0 saturated heterocycles. The summed E-state index contributed by atoms with van der Waals surface area (Å²) in [6.45, 7) is 1.20. The molecule has 13 heteroatoms. The highest BCUT2D eigenvalue weighted by Crippen LogP contribution is 2.17. The summed E-state index contributed by atoms with van der Waals surface area (Å²) >= 11 is 0. The molecule has 234 valence electrons. The molecule has 12 nitrogen and oxygen atoms in total. The lowest BCUT2D eigenvalue weighted by atomic mass is 10.1. The first-order chi connectivity index (χ1) is 21.7. The predicted molar refractivity (Wildman–Crippen MR) is 171 cm³/mol. The van der Waals surface area contributed by atoms with Crippen LogP contribution in [0.5, 0.6) is 0 Å². The van der Waals surface area contributed by atoms with Crippen LogP contribution in [-0.4, -0.2) is 61.6 Å². The molecular formula is C32H34N6O6S. The number of aliphatic imine (C=N–C) groups is 1. The monoisotopic (exact) mass is 630 g/mol. The molecule has 1 aliphatic heterocycles. The first-order valence-corrected chi connectivity index (χ1v) is 16.0. The van der Waals surface area contributed by atoms with E-state index >= 15 is 0 Å². The second-order valence-corrected chi connectivity index (χ2v) is 12.3. The number of carboxylic acid groups (broad SMARTS) is 1. The number of nitrogens with one attached hydrogen (secondary N) is 4.